The Morgan fingerprint density at radius 1 is 1.11 bits per heavy atom. The fourth-order valence-electron chi connectivity index (χ4n) is 2.64. The molecular weight excluding hydrogens is 232 g/mol. The summed E-state index contributed by atoms with van der Waals surface area (Å²) < 4.78 is 2.35. The van der Waals surface area contributed by atoms with E-state index in [2.05, 4.69) is 74.1 Å². The summed E-state index contributed by atoms with van der Waals surface area (Å²) in [6.45, 7) is 10.7. The molecule has 0 radical (unpaired) electrons. The molecule has 1 N–H and O–H groups in total. The Kier molecular flexibility index (Phi) is 4.43. The minimum absolute atomic E-state index is 0.393. The van der Waals surface area contributed by atoms with Crippen LogP contribution in [0.25, 0.3) is 0 Å². The average molecular weight is 256 g/mol. The van der Waals surface area contributed by atoms with Crippen molar-refractivity contribution in [1.29, 1.82) is 0 Å². The van der Waals surface area contributed by atoms with E-state index in [1.54, 1.807) is 0 Å². The minimum atomic E-state index is 0.393. The molecule has 0 aliphatic carbocycles. The molecule has 1 atom stereocenters. The lowest BCUT2D eigenvalue weighted by Gasteiger charge is -2.18. The van der Waals surface area contributed by atoms with Gasteiger partial charge in [-0.1, -0.05) is 25.1 Å². The Balaban J connectivity index is 2.27. The van der Waals surface area contributed by atoms with Crippen LogP contribution in [0.5, 0.6) is 0 Å². The first kappa shape index (κ1) is 13.9. The molecule has 1 aromatic carbocycles. The van der Waals surface area contributed by atoms with E-state index in [0.717, 1.165) is 13.1 Å². The van der Waals surface area contributed by atoms with E-state index >= 15 is 0 Å². The lowest BCUT2D eigenvalue weighted by atomic mass is 10.0. The summed E-state index contributed by atoms with van der Waals surface area (Å²) in [7, 11) is 0. The van der Waals surface area contributed by atoms with Gasteiger partial charge in [-0.3, -0.25) is 0 Å². The van der Waals surface area contributed by atoms with Crippen molar-refractivity contribution in [3.8, 4) is 0 Å². The molecule has 0 aliphatic heterocycles. The molecule has 2 aromatic rings. The highest BCUT2D eigenvalue weighted by Crippen LogP contribution is 2.19. The third kappa shape index (κ3) is 3.07. The lowest BCUT2D eigenvalue weighted by Crippen LogP contribution is -2.21. The first-order valence-corrected chi connectivity index (χ1v) is 7.07. The standard InChI is InChI=1S/C17H24N2/c1-5-18-15(4)17-10-7-11-19(17)12-16-13(2)8-6-9-14(16)3/h6-11,15,18H,5,12H2,1-4H3. The van der Waals surface area contributed by atoms with Gasteiger partial charge in [0.05, 0.1) is 0 Å². The largest absolute Gasteiger partial charge is 0.346 e. The summed E-state index contributed by atoms with van der Waals surface area (Å²) >= 11 is 0. The molecule has 0 amide bonds. The molecule has 2 heteroatoms. The van der Waals surface area contributed by atoms with Gasteiger partial charge in [0.15, 0.2) is 0 Å². The first-order valence-electron chi connectivity index (χ1n) is 7.07. The van der Waals surface area contributed by atoms with Crippen LogP contribution in [0.1, 0.15) is 42.3 Å². The van der Waals surface area contributed by atoms with Gasteiger partial charge in [-0.15, -0.1) is 0 Å². The van der Waals surface area contributed by atoms with Gasteiger partial charge in [0.2, 0.25) is 0 Å². The van der Waals surface area contributed by atoms with Crippen LogP contribution in [-0.4, -0.2) is 11.1 Å². The first-order chi connectivity index (χ1) is 9.13. The van der Waals surface area contributed by atoms with Crippen LogP contribution < -0.4 is 5.32 Å². The molecule has 19 heavy (non-hydrogen) atoms. The topological polar surface area (TPSA) is 17.0 Å². The maximum Gasteiger partial charge on any atom is 0.0478 e. The van der Waals surface area contributed by atoms with Gasteiger partial charge < -0.3 is 9.88 Å². The Morgan fingerprint density at radius 2 is 1.79 bits per heavy atom. The number of benzene rings is 1. The van der Waals surface area contributed by atoms with E-state index in [1.807, 2.05) is 0 Å². The van der Waals surface area contributed by atoms with Crippen LogP contribution in [0.4, 0.5) is 0 Å². The van der Waals surface area contributed by atoms with Gasteiger partial charge in [0, 0.05) is 24.5 Å². The molecule has 0 saturated heterocycles. The zero-order valence-electron chi connectivity index (χ0n) is 12.4. The Morgan fingerprint density at radius 3 is 2.42 bits per heavy atom. The third-order valence-electron chi connectivity index (χ3n) is 3.79. The monoisotopic (exact) mass is 256 g/mol. The second-order valence-corrected chi connectivity index (χ2v) is 5.21. The summed E-state index contributed by atoms with van der Waals surface area (Å²) in [5, 5.41) is 3.48. The van der Waals surface area contributed by atoms with Gasteiger partial charge in [-0.2, -0.15) is 0 Å². The van der Waals surface area contributed by atoms with E-state index in [9.17, 15) is 0 Å². The fourth-order valence-corrected chi connectivity index (χ4v) is 2.64. The predicted molar refractivity (Wildman–Crippen MR) is 81.5 cm³/mol. The molecule has 2 nitrogen and oxygen atoms in total. The van der Waals surface area contributed by atoms with Crippen LogP contribution in [0.3, 0.4) is 0 Å². The van der Waals surface area contributed by atoms with Crippen LogP contribution in [0, 0.1) is 13.8 Å². The Bertz CT molecular complexity index is 520. The highest BCUT2D eigenvalue weighted by Gasteiger charge is 2.10. The van der Waals surface area contributed by atoms with Crippen molar-refractivity contribution in [2.75, 3.05) is 6.54 Å². The summed E-state index contributed by atoms with van der Waals surface area (Å²) in [5.41, 5.74) is 5.53. The molecule has 0 bridgehead atoms. The number of nitrogens with one attached hydrogen (secondary N) is 1. The summed E-state index contributed by atoms with van der Waals surface area (Å²) in [6, 6.07) is 11.3. The molecule has 1 unspecified atom stereocenters. The van der Waals surface area contributed by atoms with Gasteiger partial charge in [0.1, 0.15) is 0 Å². The molecule has 1 aromatic heterocycles. The fraction of sp³-hybridized carbons (Fsp3) is 0.412. The number of hydrogen-bond acceptors (Lipinski definition) is 1. The van der Waals surface area contributed by atoms with Crippen molar-refractivity contribution >= 4 is 0 Å². The van der Waals surface area contributed by atoms with Gasteiger partial charge >= 0.3 is 0 Å². The zero-order valence-corrected chi connectivity index (χ0v) is 12.4. The van der Waals surface area contributed by atoms with Crippen molar-refractivity contribution in [1.82, 2.24) is 9.88 Å². The maximum atomic E-state index is 3.48. The molecule has 0 spiro atoms. The molecule has 0 fully saturated rings. The van der Waals surface area contributed by atoms with Crippen molar-refractivity contribution in [3.63, 3.8) is 0 Å². The number of hydrogen-bond donors (Lipinski definition) is 1. The van der Waals surface area contributed by atoms with E-state index in [0.29, 0.717) is 6.04 Å². The Labute approximate surface area is 116 Å². The van der Waals surface area contributed by atoms with Crippen LogP contribution in [0.2, 0.25) is 0 Å². The molecule has 2 rings (SSSR count). The second kappa shape index (κ2) is 6.07. The SMILES string of the molecule is CCNC(C)c1cccn1Cc1c(C)cccc1C. The molecule has 102 valence electrons. The van der Waals surface area contributed by atoms with E-state index in [-0.39, 0.29) is 0 Å². The van der Waals surface area contributed by atoms with Gasteiger partial charge in [0.25, 0.3) is 0 Å². The zero-order chi connectivity index (χ0) is 13.8. The number of rotatable bonds is 5. The highest BCUT2D eigenvalue weighted by atomic mass is 15.0. The quantitative estimate of drug-likeness (QED) is 0.860. The van der Waals surface area contributed by atoms with Crippen LogP contribution in [0.15, 0.2) is 36.5 Å². The average Bonchev–Trinajstić information content (AvgIpc) is 2.82. The molecule has 0 aliphatic rings. The summed E-state index contributed by atoms with van der Waals surface area (Å²) in [6.07, 6.45) is 2.18. The minimum Gasteiger partial charge on any atom is -0.346 e. The van der Waals surface area contributed by atoms with Crippen molar-refractivity contribution in [2.45, 2.75) is 40.3 Å². The molecular formula is C17H24N2. The summed E-state index contributed by atoms with van der Waals surface area (Å²) in [4.78, 5) is 0. The van der Waals surface area contributed by atoms with Crippen LogP contribution in [-0.2, 0) is 6.54 Å². The van der Waals surface area contributed by atoms with E-state index in [1.165, 1.54) is 22.4 Å². The third-order valence-corrected chi connectivity index (χ3v) is 3.79. The van der Waals surface area contributed by atoms with Crippen LogP contribution >= 0.6 is 0 Å². The van der Waals surface area contributed by atoms with E-state index in [4.69, 9.17) is 0 Å². The molecule has 1 heterocycles. The summed E-state index contributed by atoms with van der Waals surface area (Å²) in [5.74, 6) is 0. The predicted octanol–water partition coefficient (Wildman–Crippen LogP) is 3.82. The van der Waals surface area contributed by atoms with Crippen molar-refractivity contribution < 1.29 is 0 Å². The lowest BCUT2D eigenvalue weighted by molar-refractivity contribution is 0.553. The number of aromatic nitrogens is 1. The highest BCUT2D eigenvalue weighted by molar-refractivity contribution is 5.34. The normalized spacial score (nSPS) is 12.6. The number of aryl methyl sites for hydroxylation is 2. The smallest absolute Gasteiger partial charge is 0.0478 e. The van der Waals surface area contributed by atoms with E-state index < -0.39 is 0 Å². The number of nitrogens with zero attached hydrogens (tertiary/aromatic N) is 1. The van der Waals surface area contributed by atoms with Gasteiger partial charge in [-0.05, 0) is 56.1 Å². The Hall–Kier alpha value is -1.54. The maximum absolute atomic E-state index is 3.48. The van der Waals surface area contributed by atoms with Gasteiger partial charge in [-0.25, -0.2) is 0 Å². The van der Waals surface area contributed by atoms with Crippen molar-refractivity contribution in [2.24, 2.45) is 0 Å². The van der Waals surface area contributed by atoms with Crippen molar-refractivity contribution in [3.05, 3.63) is 58.9 Å². The molecule has 0 saturated carbocycles. The second-order valence-electron chi connectivity index (χ2n) is 5.21.